The summed E-state index contributed by atoms with van der Waals surface area (Å²) in [6.45, 7) is 6.73. The Balaban J connectivity index is 2.12. The summed E-state index contributed by atoms with van der Waals surface area (Å²) in [6, 6.07) is 14.5. The zero-order chi connectivity index (χ0) is 15.5. The second-order valence-electron chi connectivity index (χ2n) is 6.14. The number of amides is 1. The molecule has 0 atom stereocenters. The predicted molar refractivity (Wildman–Crippen MR) is 84.4 cm³/mol. The van der Waals surface area contributed by atoms with Crippen LogP contribution in [0.25, 0.3) is 0 Å². The number of phenolic OH excluding ortho intramolecular Hbond substituents is 1. The van der Waals surface area contributed by atoms with Crippen LogP contribution in [0.3, 0.4) is 0 Å². The van der Waals surface area contributed by atoms with Crippen LogP contribution in [-0.4, -0.2) is 11.0 Å². The van der Waals surface area contributed by atoms with Gasteiger partial charge in [-0.2, -0.15) is 0 Å². The maximum absolute atomic E-state index is 12.4. The molecule has 0 saturated carbocycles. The van der Waals surface area contributed by atoms with Crippen molar-refractivity contribution in [2.24, 2.45) is 0 Å². The van der Waals surface area contributed by atoms with Crippen molar-refractivity contribution in [3.63, 3.8) is 0 Å². The first-order valence-electron chi connectivity index (χ1n) is 7.03. The van der Waals surface area contributed by atoms with Gasteiger partial charge in [-0.25, -0.2) is 0 Å². The van der Waals surface area contributed by atoms with Gasteiger partial charge in [-0.15, -0.1) is 0 Å². The molecule has 0 heterocycles. The fraction of sp³-hybridized carbons (Fsp3) is 0.278. The third kappa shape index (κ3) is 3.85. The van der Waals surface area contributed by atoms with Crippen LogP contribution < -0.4 is 5.32 Å². The average molecular weight is 283 g/mol. The molecule has 3 heteroatoms. The minimum Gasteiger partial charge on any atom is -0.508 e. The molecule has 0 fully saturated rings. The van der Waals surface area contributed by atoms with Gasteiger partial charge in [0.25, 0.3) is 5.91 Å². The number of phenols is 1. The molecular weight excluding hydrogens is 262 g/mol. The van der Waals surface area contributed by atoms with Gasteiger partial charge in [0.05, 0.1) is 0 Å². The summed E-state index contributed by atoms with van der Waals surface area (Å²) in [5.74, 6) is 0.150. The first-order valence-corrected chi connectivity index (χ1v) is 7.03. The Hall–Kier alpha value is -2.29. The van der Waals surface area contributed by atoms with Crippen LogP contribution in [0.15, 0.2) is 48.5 Å². The topological polar surface area (TPSA) is 49.3 Å². The molecule has 1 amide bonds. The highest BCUT2D eigenvalue weighted by Gasteiger charge is 2.20. The van der Waals surface area contributed by atoms with Crippen LogP contribution in [0.1, 0.15) is 42.3 Å². The summed E-state index contributed by atoms with van der Waals surface area (Å²) in [6.07, 6.45) is 0. The smallest absolute Gasteiger partial charge is 0.251 e. The number of carbonyl (C=O) groups excluding carboxylic acids is 1. The summed E-state index contributed by atoms with van der Waals surface area (Å²) in [7, 11) is 0. The van der Waals surface area contributed by atoms with Gasteiger partial charge in [0.2, 0.25) is 0 Å². The highest BCUT2D eigenvalue weighted by molar-refractivity contribution is 5.96. The molecule has 0 aliphatic rings. The van der Waals surface area contributed by atoms with Crippen LogP contribution >= 0.6 is 0 Å². The van der Waals surface area contributed by atoms with Crippen molar-refractivity contribution in [3.05, 3.63) is 65.2 Å². The van der Waals surface area contributed by atoms with Crippen molar-refractivity contribution in [3.8, 4) is 5.75 Å². The molecule has 0 saturated heterocycles. The summed E-state index contributed by atoms with van der Waals surface area (Å²) in [5, 5.41) is 12.2. The van der Waals surface area contributed by atoms with Gasteiger partial charge in [0.15, 0.2) is 0 Å². The molecule has 2 rings (SSSR count). The molecule has 21 heavy (non-hydrogen) atoms. The Labute approximate surface area is 125 Å². The molecule has 0 bridgehead atoms. The maximum atomic E-state index is 12.4. The summed E-state index contributed by atoms with van der Waals surface area (Å²) in [4.78, 5) is 12.4. The van der Waals surface area contributed by atoms with Gasteiger partial charge in [-0.1, -0.05) is 51.1 Å². The van der Waals surface area contributed by atoms with E-state index in [4.69, 9.17) is 0 Å². The lowest BCUT2D eigenvalue weighted by atomic mass is 9.83. The number of carbonyl (C=O) groups is 1. The third-order valence-electron chi connectivity index (χ3n) is 3.37. The van der Waals surface area contributed by atoms with Crippen molar-refractivity contribution >= 4 is 5.91 Å². The second-order valence-corrected chi connectivity index (χ2v) is 6.14. The normalized spacial score (nSPS) is 11.2. The first kappa shape index (κ1) is 15.1. The van der Waals surface area contributed by atoms with Crippen LogP contribution in [0.5, 0.6) is 5.75 Å². The molecule has 0 radical (unpaired) electrons. The lowest BCUT2D eigenvalue weighted by molar-refractivity contribution is 0.0948. The Kier molecular flexibility index (Phi) is 4.32. The maximum Gasteiger partial charge on any atom is 0.251 e. The van der Waals surface area contributed by atoms with Gasteiger partial charge in [-0.3, -0.25) is 4.79 Å². The first-order chi connectivity index (χ1) is 9.88. The molecule has 2 aromatic rings. The van der Waals surface area contributed by atoms with E-state index in [0.29, 0.717) is 12.1 Å². The molecular formula is C18H21NO2. The fourth-order valence-electron chi connectivity index (χ4n) is 2.23. The molecule has 0 aliphatic heterocycles. The number of hydrogen-bond donors (Lipinski definition) is 2. The molecule has 2 aromatic carbocycles. The highest BCUT2D eigenvalue weighted by atomic mass is 16.3. The monoisotopic (exact) mass is 283 g/mol. The molecule has 0 aromatic heterocycles. The lowest BCUT2D eigenvalue weighted by Gasteiger charge is -2.22. The van der Waals surface area contributed by atoms with Crippen molar-refractivity contribution in [2.45, 2.75) is 32.7 Å². The van der Waals surface area contributed by atoms with Gasteiger partial charge >= 0.3 is 0 Å². The van der Waals surface area contributed by atoms with Crippen molar-refractivity contribution in [1.82, 2.24) is 5.32 Å². The third-order valence-corrected chi connectivity index (χ3v) is 3.37. The molecule has 3 nitrogen and oxygen atoms in total. The Bertz CT molecular complexity index is 624. The van der Waals surface area contributed by atoms with Crippen molar-refractivity contribution in [1.29, 1.82) is 0 Å². The quantitative estimate of drug-likeness (QED) is 0.904. The Morgan fingerprint density at radius 2 is 1.67 bits per heavy atom. The van der Waals surface area contributed by atoms with Crippen molar-refractivity contribution < 1.29 is 9.90 Å². The standard InChI is InChI=1S/C18H21NO2/c1-18(2,3)16-7-5-4-6-15(16)17(21)19-12-13-8-10-14(20)11-9-13/h4-11,20H,12H2,1-3H3,(H,19,21). The average Bonchev–Trinajstić information content (AvgIpc) is 2.45. The van der Waals surface area contributed by atoms with Crippen LogP contribution in [0, 0.1) is 0 Å². The summed E-state index contributed by atoms with van der Waals surface area (Å²) < 4.78 is 0. The number of aromatic hydroxyl groups is 1. The van der Waals surface area contributed by atoms with Gasteiger partial charge in [-0.05, 0) is 34.7 Å². The molecule has 0 spiro atoms. The van der Waals surface area contributed by atoms with E-state index in [-0.39, 0.29) is 17.1 Å². The SMILES string of the molecule is CC(C)(C)c1ccccc1C(=O)NCc1ccc(O)cc1. The van der Waals surface area contributed by atoms with Crippen LogP contribution in [0.4, 0.5) is 0 Å². The van der Waals surface area contributed by atoms with Gasteiger partial charge < -0.3 is 10.4 Å². The van der Waals surface area contributed by atoms with E-state index >= 15 is 0 Å². The molecule has 2 N–H and O–H groups in total. The van der Waals surface area contributed by atoms with E-state index in [9.17, 15) is 9.90 Å². The van der Waals surface area contributed by atoms with Gasteiger partial charge in [0, 0.05) is 12.1 Å². The highest BCUT2D eigenvalue weighted by Crippen LogP contribution is 2.25. The van der Waals surface area contributed by atoms with E-state index in [1.54, 1.807) is 24.3 Å². The number of hydrogen-bond acceptors (Lipinski definition) is 2. The number of nitrogens with one attached hydrogen (secondary N) is 1. The molecule has 0 aliphatic carbocycles. The lowest BCUT2D eigenvalue weighted by Crippen LogP contribution is -2.26. The fourth-order valence-corrected chi connectivity index (χ4v) is 2.23. The largest absolute Gasteiger partial charge is 0.508 e. The van der Waals surface area contributed by atoms with E-state index in [0.717, 1.165) is 11.1 Å². The van der Waals surface area contributed by atoms with Gasteiger partial charge in [0.1, 0.15) is 5.75 Å². The minimum atomic E-state index is -0.0769. The van der Waals surface area contributed by atoms with E-state index in [2.05, 4.69) is 26.1 Å². The van der Waals surface area contributed by atoms with Crippen LogP contribution in [0.2, 0.25) is 0 Å². The Morgan fingerprint density at radius 1 is 1.05 bits per heavy atom. The van der Waals surface area contributed by atoms with Crippen LogP contribution in [-0.2, 0) is 12.0 Å². The number of rotatable bonds is 3. The summed E-state index contributed by atoms with van der Waals surface area (Å²) in [5.41, 5.74) is 2.62. The second kappa shape index (κ2) is 6.00. The predicted octanol–water partition coefficient (Wildman–Crippen LogP) is 3.62. The Morgan fingerprint density at radius 3 is 2.29 bits per heavy atom. The minimum absolute atomic E-state index is 0.0754. The van der Waals surface area contributed by atoms with Crippen molar-refractivity contribution in [2.75, 3.05) is 0 Å². The zero-order valence-electron chi connectivity index (χ0n) is 12.7. The van der Waals surface area contributed by atoms with E-state index < -0.39 is 0 Å². The summed E-state index contributed by atoms with van der Waals surface area (Å²) >= 11 is 0. The zero-order valence-corrected chi connectivity index (χ0v) is 12.7. The van der Waals surface area contributed by atoms with E-state index in [1.165, 1.54) is 0 Å². The molecule has 110 valence electrons. The number of benzene rings is 2. The molecule has 0 unspecified atom stereocenters. The van der Waals surface area contributed by atoms with E-state index in [1.807, 2.05) is 24.3 Å².